The van der Waals surface area contributed by atoms with Crippen LogP contribution < -0.4 is 20.3 Å². The number of hydrogen-bond donors (Lipinski definition) is 3. The number of rotatable bonds is 7. The molecule has 2 aliphatic rings. The number of nitriles is 1. The average Bonchev–Trinajstić information content (AvgIpc) is 3.36. The van der Waals surface area contributed by atoms with Gasteiger partial charge in [0.25, 0.3) is 0 Å². The second-order valence-electron chi connectivity index (χ2n) is 10.5. The second-order valence-corrected chi connectivity index (χ2v) is 10.5. The number of ether oxygens (including phenoxy) is 2. The molecule has 3 aromatic rings. The molecule has 0 radical (unpaired) electrons. The lowest BCUT2D eigenvalue weighted by Crippen LogP contribution is -2.65. The van der Waals surface area contributed by atoms with Crippen LogP contribution in [0.3, 0.4) is 0 Å². The van der Waals surface area contributed by atoms with E-state index in [0.29, 0.717) is 75.4 Å². The summed E-state index contributed by atoms with van der Waals surface area (Å²) in [5, 5.41) is 28.8. The third-order valence-electron chi connectivity index (χ3n) is 7.81. The SMILES string of the molecule is CCOc1cc(-c2ccc(N3CCC(C)(NC(=O)C4(NC(=O)O)CCOCC4)CC3)nc2)c2c(C#N)cnn2c1. The molecule has 40 heavy (non-hydrogen) atoms. The van der Waals surface area contributed by atoms with Gasteiger partial charge in [0.15, 0.2) is 0 Å². The van der Waals surface area contributed by atoms with Crippen molar-refractivity contribution in [2.75, 3.05) is 37.8 Å². The van der Waals surface area contributed by atoms with Crippen molar-refractivity contribution in [3.63, 3.8) is 0 Å². The molecule has 2 amide bonds. The van der Waals surface area contributed by atoms with Gasteiger partial charge in [0.2, 0.25) is 5.91 Å². The molecule has 5 heterocycles. The smallest absolute Gasteiger partial charge is 0.405 e. The standard InChI is InChI=1S/C28H33N7O5/c1-3-40-21-14-22(24-20(15-29)17-31-35(24)18-21)19-4-5-23(30-16-19)34-10-6-27(2,7-11-34)32-25(36)28(33-26(37)38)8-12-39-13-9-28/h4-5,14,16-18,33H,3,6-13H2,1-2H3,(H,32,36)(H,37,38). The third kappa shape index (κ3) is 5.37. The van der Waals surface area contributed by atoms with Gasteiger partial charge in [-0.2, -0.15) is 10.4 Å². The Balaban J connectivity index is 1.29. The molecule has 0 saturated carbocycles. The first-order valence-corrected chi connectivity index (χ1v) is 13.4. The van der Waals surface area contributed by atoms with Crippen LogP contribution in [0.1, 0.15) is 45.1 Å². The summed E-state index contributed by atoms with van der Waals surface area (Å²) < 4.78 is 12.7. The predicted octanol–water partition coefficient (Wildman–Crippen LogP) is 2.96. The van der Waals surface area contributed by atoms with Gasteiger partial charge in [-0.1, -0.05) is 0 Å². The minimum Gasteiger partial charge on any atom is -0.492 e. The molecule has 0 spiro atoms. The van der Waals surface area contributed by atoms with Crippen molar-refractivity contribution in [2.24, 2.45) is 0 Å². The summed E-state index contributed by atoms with van der Waals surface area (Å²) in [6, 6.07) is 8.04. The van der Waals surface area contributed by atoms with Gasteiger partial charge in [0.1, 0.15) is 23.2 Å². The number of carbonyl (C=O) groups excluding carboxylic acids is 1. The molecule has 3 aromatic heterocycles. The predicted molar refractivity (Wildman–Crippen MR) is 146 cm³/mol. The van der Waals surface area contributed by atoms with E-state index in [2.05, 4.69) is 26.7 Å². The van der Waals surface area contributed by atoms with Gasteiger partial charge in [-0.15, -0.1) is 0 Å². The summed E-state index contributed by atoms with van der Waals surface area (Å²) in [6.45, 7) is 6.44. The molecule has 2 saturated heterocycles. The fourth-order valence-electron chi connectivity index (χ4n) is 5.46. The van der Waals surface area contributed by atoms with E-state index in [0.717, 1.165) is 16.9 Å². The summed E-state index contributed by atoms with van der Waals surface area (Å²) in [6.07, 6.45) is 5.85. The Hall–Kier alpha value is -4.37. The fourth-order valence-corrected chi connectivity index (χ4v) is 5.46. The fraction of sp³-hybridized carbons (Fsp3) is 0.464. The maximum absolute atomic E-state index is 13.3. The average molecular weight is 548 g/mol. The Morgan fingerprint density at radius 3 is 2.55 bits per heavy atom. The summed E-state index contributed by atoms with van der Waals surface area (Å²) in [5.74, 6) is 1.17. The van der Waals surface area contributed by atoms with Gasteiger partial charge in [0, 0.05) is 62.0 Å². The van der Waals surface area contributed by atoms with Crippen LogP contribution in [0.15, 0.2) is 36.8 Å². The number of anilines is 1. The second kappa shape index (κ2) is 11.0. The molecule has 12 nitrogen and oxygen atoms in total. The number of hydrogen-bond acceptors (Lipinski definition) is 8. The molecular formula is C28H33N7O5. The highest BCUT2D eigenvalue weighted by atomic mass is 16.5. The summed E-state index contributed by atoms with van der Waals surface area (Å²) in [4.78, 5) is 31.6. The van der Waals surface area contributed by atoms with Crippen molar-refractivity contribution in [2.45, 2.75) is 50.6 Å². The number of aromatic nitrogens is 3. The topological polar surface area (TPSA) is 154 Å². The van der Waals surface area contributed by atoms with Crippen LogP contribution in [-0.2, 0) is 9.53 Å². The van der Waals surface area contributed by atoms with Crippen LogP contribution in [0, 0.1) is 11.3 Å². The maximum Gasteiger partial charge on any atom is 0.405 e. The lowest BCUT2D eigenvalue weighted by Gasteiger charge is -2.43. The Kier molecular flexibility index (Phi) is 7.49. The molecule has 12 heteroatoms. The normalized spacial score (nSPS) is 18.1. The van der Waals surface area contributed by atoms with E-state index in [9.17, 15) is 20.0 Å². The molecule has 0 bridgehead atoms. The van der Waals surface area contributed by atoms with Crippen molar-refractivity contribution in [3.8, 4) is 22.9 Å². The minimum atomic E-state index is -1.21. The number of carboxylic acid groups (broad SMARTS) is 1. The molecule has 2 aliphatic heterocycles. The van der Waals surface area contributed by atoms with E-state index in [1.165, 1.54) is 0 Å². The first-order chi connectivity index (χ1) is 19.3. The molecule has 0 aromatic carbocycles. The molecule has 0 atom stereocenters. The van der Waals surface area contributed by atoms with Crippen LogP contribution in [0.5, 0.6) is 5.75 Å². The number of carbonyl (C=O) groups is 2. The Morgan fingerprint density at radius 2 is 1.93 bits per heavy atom. The number of nitrogens with zero attached hydrogens (tertiary/aromatic N) is 5. The van der Waals surface area contributed by atoms with Crippen molar-refractivity contribution in [1.29, 1.82) is 5.26 Å². The molecule has 2 fully saturated rings. The first kappa shape index (κ1) is 27.2. The van der Waals surface area contributed by atoms with Gasteiger partial charge in [0.05, 0.1) is 30.1 Å². The Morgan fingerprint density at radius 1 is 1.18 bits per heavy atom. The number of piperidine rings is 1. The van der Waals surface area contributed by atoms with Crippen LogP contribution in [0.4, 0.5) is 10.6 Å². The van der Waals surface area contributed by atoms with E-state index in [-0.39, 0.29) is 5.91 Å². The van der Waals surface area contributed by atoms with Gasteiger partial charge in [-0.3, -0.25) is 4.79 Å². The van der Waals surface area contributed by atoms with Crippen LogP contribution in [0.2, 0.25) is 0 Å². The lowest BCUT2D eigenvalue weighted by atomic mass is 9.84. The number of nitrogens with one attached hydrogen (secondary N) is 2. The Labute approximate surface area is 231 Å². The minimum absolute atomic E-state index is 0.297. The van der Waals surface area contributed by atoms with E-state index in [1.54, 1.807) is 23.1 Å². The lowest BCUT2D eigenvalue weighted by molar-refractivity contribution is -0.133. The van der Waals surface area contributed by atoms with Gasteiger partial charge < -0.3 is 30.1 Å². The van der Waals surface area contributed by atoms with Gasteiger partial charge in [-0.05, 0) is 44.9 Å². The highest BCUT2D eigenvalue weighted by Gasteiger charge is 2.44. The van der Waals surface area contributed by atoms with E-state index < -0.39 is 17.2 Å². The summed E-state index contributed by atoms with van der Waals surface area (Å²) >= 11 is 0. The van der Waals surface area contributed by atoms with Crippen LogP contribution in [0.25, 0.3) is 16.6 Å². The highest BCUT2D eigenvalue weighted by Crippen LogP contribution is 2.33. The van der Waals surface area contributed by atoms with E-state index in [4.69, 9.17) is 14.5 Å². The van der Waals surface area contributed by atoms with Crippen LogP contribution >= 0.6 is 0 Å². The van der Waals surface area contributed by atoms with Crippen molar-refractivity contribution in [1.82, 2.24) is 25.2 Å². The maximum atomic E-state index is 13.3. The Bertz CT molecular complexity index is 1430. The largest absolute Gasteiger partial charge is 0.492 e. The van der Waals surface area contributed by atoms with E-state index in [1.807, 2.05) is 32.0 Å². The number of fused-ring (bicyclic) bond motifs is 1. The van der Waals surface area contributed by atoms with Crippen molar-refractivity contribution < 1.29 is 24.2 Å². The highest BCUT2D eigenvalue weighted by molar-refractivity contribution is 5.90. The molecule has 3 N–H and O–H groups in total. The van der Waals surface area contributed by atoms with Gasteiger partial charge >= 0.3 is 6.09 Å². The molecular weight excluding hydrogens is 514 g/mol. The van der Waals surface area contributed by atoms with Crippen molar-refractivity contribution in [3.05, 3.63) is 42.4 Å². The number of amides is 2. The monoisotopic (exact) mass is 547 g/mol. The quantitative estimate of drug-likeness (QED) is 0.405. The molecule has 0 aliphatic carbocycles. The zero-order valence-electron chi connectivity index (χ0n) is 22.6. The zero-order chi connectivity index (χ0) is 28.3. The molecule has 0 unspecified atom stereocenters. The van der Waals surface area contributed by atoms with E-state index >= 15 is 0 Å². The first-order valence-electron chi connectivity index (χ1n) is 13.4. The summed E-state index contributed by atoms with van der Waals surface area (Å²) in [5.41, 5.74) is 1.18. The zero-order valence-corrected chi connectivity index (χ0v) is 22.6. The van der Waals surface area contributed by atoms with Crippen molar-refractivity contribution >= 4 is 23.3 Å². The number of pyridine rings is 2. The summed E-state index contributed by atoms with van der Waals surface area (Å²) in [7, 11) is 0. The van der Waals surface area contributed by atoms with Gasteiger partial charge in [-0.25, -0.2) is 14.3 Å². The van der Waals surface area contributed by atoms with Crippen LogP contribution in [-0.4, -0.2) is 75.7 Å². The molecule has 210 valence electrons. The third-order valence-corrected chi connectivity index (χ3v) is 7.81. The molecule has 5 rings (SSSR count).